The van der Waals surface area contributed by atoms with Crippen molar-refractivity contribution < 1.29 is 9.90 Å². The van der Waals surface area contributed by atoms with Crippen LogP contribution in [0, 0.1) is 0 Å². The van der Waals surface area contributed by atoms with Crippen molar-refractivity contribution in [1.29, 1.82) is 0 Å². The minimum Gasteiger partial charge on any atom is -0.478 e. The summed E-state index contributed by atoms with van der Waals surface area (Å²) in [6.07, 6.45) is 5.45. The highest BCUT2D eigenvalue weighted by molar-refractivity contribution is 5.88. The van der Waals surface area contributed by atoms with E-state index in [2.05, 4.69) is 18.0 Å². The Hall–Kier alpha value is -2.16. The van der Waals surface area contributed by atoms with E-state index in [1.807, 2.05) is 24.4 Å². The number of fused-ring (bicyclic) bond motifs is 1. The summed E-state index contributed by atoms with van der Waals surface area (Å²) >= 11 is 0. The molecule has 0 saturated heterocycles. The fourth-order valence-corrected chi connectivity index (χ4v) is 1.67. The maximum atomic E-state index is 10.4. The Kier molecular flexibility index (Phi) is 3.19. The van der Waals surface area contributed by atoms with Gasteiger partial charge in [-0.15, -0.1) is 0 Å². The molecule has 1 aromatic carbocycles. The Bertz CT molecular complexity index is 588. The van der Waals surface area contributed by atoms with Crippen LogP contribution in [0.5, 0.6) is 0 Å². The zero-order valence-electron chi connectivity index (χ0n) is 9.55. The zero-order valence-corrected chi connectivity index (χ0v) is 9.55. The first kappa shape index (κ1) is 11.3. The summed E-state index contributed by atoms with van der Waals surface area (Å²) in [4.78, 5) is 14.7. The van der Waals surface area contributed by atoms with Gasteiger partial charge in [0.1, 0.15) is 0 Å². The number of pyridine rings is 1. The number of carbonyl (C=O) groups is 1. The molecule has 2 aromatic rings. The molecule has 86 valence electrons. The van der Waals surface area contributed by atoms with Crippen LogP contribution < -0.4 is 0 Å². The predicted octanol–water partition coefficient (Wildman–Crippen LogP) is 2.90. The molecule has 0 aliphatic carbocycles. The van der Waals surface area contributed by atoms with Gasteiger partial charge in [0.2, 0.25) is 0 Å². The van der Waals surface area contributed by atoms with Crippen molar-refractivity contribution in [1.82, 2.24) is 4.98 Å². The molecule has 1 heterocycles. The molecule has 3 heteroatoms. The molecule has 0 amide bonds. The van der Waals surface area contributed by atoms with Crippen LogP contribution in [-0.2, 0) is 11.2 Å². The third-order valence-electron chi connectivity index (χ3n) is 2.58. The van der Waals surface area contributed by atoms with Crippen LogP contribution in [0.4, 0.5) is 0 Å². The number of aromatic nitrogens is 1. The van der Waals surface area contributed by atoms with Gasteiger partial charge < -0.3 is 5.11 Å². The molecule has 17 heavy (non-hydrogen) atoms. The van der Waals surface area contributed by atoms with Gasteiger partial charge in [0.25, 0.3) is 0 Å². The van der Waals surface area contributed by atoms with E-state index in [1.165, 1.54) is 0 Å². The first-order valence-corrected chi connectivity index (χ1v) is 5.48. The first-order chi connectivity index (χ1) is 8.19. The van der Waals surface area contributed by atoms with Crippen molar-refractivity contribution in [2.45, 2.75) is 13.3 Å². The molecule has 0 fully saturated rings. The molecule has 0 spiro atoms. The van der Waals surface area contributed by atoms with Gasteiger partial charge in [-0.1, -0.05) is 19.1 Å². The van der Waals surface area contributed by atoms with E-state index in [0.29, 0.717) is 0 Å². The fraction of sp³-hybridized carbons (Fsp3) is 0.143. The van der Waals surface area contributed by atoms with Gasteiger partial charge in [-0.05, 0) is 35.6 Å². The van der Waals surface area contributed by atoms with Gasteiger partial charge in [0.15, 0.2) is 0 Å². The van der Waals surface area contributed by atoms with Crippen molar-refractivity contribution in [3.8, 4) is 0 Å². The van der Waals surface area contributed by atoms with Crippen molar-refractivity contribution >= 4 is 22.8 Å². The summed E-state index contributed by atoms with van der Waals surface area (Å²) in [5.74, 6) is -0.940. The second-order valence-corrected chi connectivity index (χ2v) is 3.81. The molecule has 3 nitrogen and oxygen atoms in total. The molecule has 0 saturated carbocycles. The van der Waals surface area contributed by atoms with Crippen molar-refractivity contribution in [3.63, 3.8) is 0 Å². The highest BCUT2D eigenvalue weighted by atomic mass is 16.4. The normalized spacial score (nSPS) is 11.1. The summed E-state index contributed by atoms with van der Waals surface area (Å²) in [5, 5.41) is 10.7. The maximum absolute atomic E-state index is 10.4. The lowest BCUT2D eigenvalue weighted by molar-refractivity contribution is -0.131. The minimum absolute atomic E-state index is 0.867. The van der Waals surface area contributed by atoms with E-state index >= 15 is 0 Å². The molecule has 0 atom stereocenters. The fourth-order valence-electron chi connectivity index (χ4n) is 1.67. The number of carboxylic acids is 1. The number of carboxylic acid groups (broad SMARTS) is 1. The van der Waals surface area contributed by atoms with Gasteiger partial charge in [-0.2, -0.15) is 0 Å². The van der Waals surface area contributed by atoms with Crippen LogP contribution in [0.15, 0.2) is 36.5 Å². The van der Waals surface area contributed by atoms with Crippen LogP contribution in [0.1, 0.15) is 18.2 Å². The summed E-state index contributed by atoms with van der Waals surface area (Å²) in [5.41, 5.74) is 1.93. The van der Waals surface area contributed by atoms with Crippen LogP contribution in [-0.4, -0.2) is 16.1 Å². The van der Waals surface area contributed by atoms with Gasteiger partial charge in [-0.3, -0.25) is 4.98 Å². The number of aryl methyl sites for hydroxylation is 1. The van der Waals surface area contributed by atoms with E-state index < -0.39 is 5.97 Å². The lowest BCUT2D eigenvalue weighted by Gasteiger charge is -2.01. The number of aliphatic carboxylic acids is 1. The standard InChI is InChI=1S/C14H13NO2/c1-2-13-8-11-5-3-10(4-6-14(16)17)7-12(11)9-15-13/h3-9H,2H2,1H3,(H,16,17). The third-order valence-corrected chi connectivity index (χ3v) is 2.58. The quantitative estimate of drug-likeness (QED) is 0.820. The second-order valence-electron chi connectivity index (χ2n) is 3.81. The van der Waals surface area contributed by atoms with Crippen LogP contribution in [0.3, 0.4) is 0 Å². The van der Waals surface area contributed by atoms with E-state index in [0.717, 1.165) is 34.5 Å². The molecule has 0 aliphatic rings. The molecule has 1 N–H and O–H groups in total. The highest BCUT2D eigenvalue weighted by Crippen LogP contribution is 2.17. The predicted molar refractivity (Wildman–Crippen MR) is 67.8 cm³/mol. The topological polar surface area (TPSA) is 50.2 Å². The Morgan fingerprint density at radius 3 is 2.88 bits per heavy atom. The van der Waals surface area contributed by atoms with E-state index in [1.54, 1.807) is 6.08 Å². The van der Waals surface area contributed by atoms with Crippen LogP contribution in [0.25, 0.3) is 16.8 Å². The monoisotopic (exact) mass is 227 g/mol. The average Bonchev–Trinajstić information content (AvgIpc) is 2.35. The zero-order chi connectivity index (χ0) is 12.3. The largest absolute Gasteiger partial charge is 0.478 e. The SMILES string of the molecule is CCc1cc2ccc(C=CC(=O)O)cc2cn1. The lowest BCUT2D eigenvalue weighted by atomic mass is 10.1. The summed E-state index contributed by atoms with van der Waals surface area (Å²) in [7, 11) is 0. The Balaban J connectivity index is 2.41. The number of hydrogen-bond donors (Lipinski definition) is 1. The maximum Gasteiger partial charge on any atom is 0.328 e. The van der Waals surface area contributed by atoms with E-state index in [9.17, 15) is 4.79 Å². The number of rotatable bonds is 3. The first-order valence-electron chi connectivity index (χ1n) is 5.48. The molecule has 0 unspecified atom stereocenters. The third kappa shape index (κ3) is 2.69. The van der Waals surface area contributed by atoms with Crippen molar-refractivity contribution in [2.24, 2.45) is 0 Å². The Morgan fingerprint density at radius 1 is 1.35 bits per heavy atom. The molecule has 0 bridgehead atoms. The molecular weight excluding hydrogens is 214 g/mol. The van der Waals surface area contributed by atoms with Crippen LogP contribution in [0.2, 0.25) is 0 Å². The van der Waals surface area contributed by atoms with Gasteiger partial charge in [0.05, 0.1) is 0 Å². The lowest BCUT2D eigenvalue weighted by Crippen LogP contribution is -1.88. The molecule has 0 aliphatic heterocycles. The van der Waals surface area contributed by atoms with Gasteiger partial charge in [0, 0.05) is 23.4 Å². The van der Waals surface area contributed by atoms with Crippen molar-refractivity contribution in [3.05, 3.63) is 47.8 Å². The molecular formula is C14H13NO2. The van der Waals surface area contributed by atoms with Crippen molar-refractivity contribution in [2.75, 3.05) is 0 Å². The molecule has 0 radical (unpaired) electrons. The summed E-state index contributed by atoms with van der Waals surface area (Å²) < 4.78 is 0. The van der Waals surface area contributed by atoms with E-state index in [4.69, 9.17) is 5.11 Å². The Morgan fingerprint density at radius 2 is 2.18 bits per heavy atom. The van der Waals surface area contributed by atoms with Gasteiger partial charge in [-0.25, -0.2) is 4.79 Å². The smallest absolute Gasteiger partial charge is 0.328 e. The number of benzene rings is 1. The molecule has 2 rings (SSSR count). The Labute approximate surface area is 99.4 Å². The second kappa shape index (κ2) is 4.78. The summed E-state index contributed by atoms with van der Waals surface area (Å²) in [6, 6.07) is 7.88. The molecule has 1 aromatic heterocycles. The minimum atomic E-state index is -0.940. The highest BCUT2D eigenvalue weighted by Gasteiger charge is 1.97. The van der Waals surface area contributed by atoms with Gasteiger partial charge >= 0.3 is 5.97 Å². The number of hydrogen-bond acceptors (Lipinski definition) is 2. The summed E-state index contributed by atoms with van der Waals surface area (Å²) in [6.45, 7) is 2.07. The number of nitrogens with zero attached hydrogens (tertiary/aromatic N) is 1. The average molecular weight is 227 g/mol. The van der Waals surface area contributed by atoms with Crippen LogP contribution >= 0.6 is 0 Å². The van der Waals surface area contributed by atoms with E-state index in [-0.39, 0.29) is 0 Å².